The van der Waals surface area contributed by atoms with Gasteiger partial charge in [-0.05, 0) is 11.3 Å². The number of nitro benzene ring substituents is 1. The third-order valence-electron chi connectivity index (χ3n) is 1.42. The SMILES string of the molecule is C=c1ccc([N+](=O)[O-])cc1=C=[N-]. The molecule has 4 nitrogen and oxygen atoms in total. The molecule has 0 aliphatic rings. The van der Waals surface area contributed by atoms with Gasteiger partial charge >= 0.3 is 0 Å². The van der Waals surface area contributed by atoms with Crippen molar-refractivity contribution in [3.05, 3.63) is 44.2 Å². The third-order valence-corrected chi connectivity index (χ3v) is 1.42. The van der Waals surface area contributed by atoms with Crippen molar-refractivity contribution < 1.29 is 4.92 Å². The quantitative estimate of drug-likeness (QED) is 0.328. The van der Waals surface area contributed by atoms with Crippen molar-refractivity contribution in [3.63, 3.8) is 0 Å². The van der Waals surface area contributed by atoms with Crippen LogP contribution in [-0.4, -0.2) is 10.8 Å². The van der Waals surface area contributed by atoms with Crippen LogP contribution in [0.5, 0.6) is 0 Å². The molecule has 1 aromatic carbocycles. The predicted molar refractivity (Wildman–Crippen MR) is 45.3 cm³/mol. The van der Waals surface area contributed by atoms with Crippen LogP contribution in [0.3, 0.4) is 0 Å². The lowest BCUT2D eigenvalue weighted by Crippen LogP contribution is -2.23. The van der Waals surface area contributed by atoms with Crippen molar-refractivity contribution in [3.8, 4) is 0 Å². The molecule has 0 aromatic heterocycles. The first-order valence-electron chi connectivity index (χ1n) is 3.15. The molecule has 0 spiro atoms. The zero-order valence-electron chi connectivity index (χ0n) is 6.15. The summed E-state index contributed by atoms with van der Waals surface area (Å²) in [7, 11) is 0. The van der Waals surface area contributed by atoms with E-state index in [4.69, 9.17) is 5.41 Å². The van der Waals surface area contributed by atoms with Crippen LogP contribution in [0, 0.1) is 10.1 Å². The van der Waals surface area contributed by atoms with Gasteiger partial charge in [0.05, 0.1) is 4.92 Å². The highest BCUT2D eigenvalue weighted by molar-refractivity contribution is 5.57. The standard InChI is InChI=1S/C8H5N2O2/c1-6-2-3-8(10(11)12)4-7(6)5-9/h2-4H,1H2/q-1. The van der Waals surface area contributed by atoms with Crippen molar-refractivity contribution in [2.45, 2.75) is 0 Å². The van der Waals surface area contributed by atoms with E-state index in [1.807, 2.05) is 5.87 Å². The van der Waals surface area contributed by atoms with E-state index in [2.05, 4.69) is 6.58 Å². The molecule has 1 rings (SSSR count). The molecular weight excluding hydrogens is 156 g/mol. The molecule has 0 atom stereocenters. The van der Waals surface area contributed by atoms with Crippen molar-refractivity contribution in [1.82, 2.24) is 0 Å². The van der Waals surface area contributed by atoms with E-state index in [0.717, 1.165) is 0 Å². The molecule has 60 valence electrons. The van der Waals surface area contributed by atoms with E-state index in [0.29, 0.717) is 5.22 Å². The number of nitro groups is 1. The Morgan fingerprint density at radius 3 is 2.75 bits per heavy atom. The van der Waals surface area contributed by atoms with Gasteiger partial charge in [0.2, 0.25) is 0 Å². The fourth-order valence-corrected chi connectivity index (χ4v) is 0.782. The molecule has 0 N–H and O–H groups in total. The third kappa shape index (κ3) is 1.38. The van der Waals surface area contributed by atoms with E-state index in [-0.39, 0.29) is 10.9 Å². The molecule has 0 radical (unpaired) electrons. The van der Waals surface area contributed by atoms with E-state index in [1.54, 1.807) is 0 Å². The van der Waals surface area contributed by atoms with Crippen LogP contribution in [-0.2, 0) is 0 Å². The lowest BCUT2D eigenvalue weighted by atomic mass is 10.2. The molecule has 0 unspecified atom stereocenters. The first kappa shape index (κ1) is 8.17. The van der Waals surface area contributed by atoms with Crippen LogP contribution >= 0.6 is 0 Å². The topological polar surface area (TPSA) is 65.4 Å². The Labute approximate surface area is 68.1 Å². The normalized spacial score (nSPS) is 9.00. The van der Waals surface area contributed by atoms with Gasteiger partial charge in [-0.25, -0.2) is 0 Å². The van der Waals surface area contributed by atoms with Crippen molar-refractivity contribution in [2.75, 3.05) is 0 Å². The van der Waals surface area contributed by atoms with Crippen LogP contribution in [0.4, 0.5) is 5.69 Å². The summed E-state index contributed by atoms with van der Waals surface area (Å²) in [4.78, 5) is 9.71. The Morgan fingerprint density at radius 1 is 1.58 bits per heavy atom. The van der Waals surface area contributed by atoms with Gasteiger partial charge < -0.3 is 5.41 Å². The zero-order chi connectivity index (χ0) is 9.14. The van der Waals surface area contributed by atoms with Crippen molar-refractivity contribution in [2.24, 2.45) is 0 Å². The predicted octanol–water partition coefficient (Wildman–Crippen LogP) is -0.0842. The highest BCUT2D eigenvalue weighted by Gasteiger charge is 2.01. The summed E-state index contributed by atoms with van der Waals surface area (Å²) in [5.41, 5.74) is -0.0843. The van der Waals surface area contributed by atoms with Crippen LogP contribution in [0.15, 0.2) is 18.2 Å². The van der Waals surface area contributed by atoms with E-state index >= 15 is 0 Å². The molecule has 0 amide bonds. The second-order valence-corrected chi connectivity index (χ2v) is 2.21. The molecule has 0 saturated carbocycles. The Balaban J connectivity index is 3.55. The lowest BCUT2D eigenvalue weighted by molar-refractivity contribution is -0.385. The number of hydrogen-bond acceptors (Lipinski definition) is 2. The molecule has 0 aliphatic carbocycles. The maximum atomic E-state index is 10.3. The molecule has 0 aliphatic heterocycles. The maximum Gasteiger partial charge on any atom is 0.270 e. The van der Waals surface area contributed by atoms with Crippen molar-refractivity contribution in [1.29, 1.82) is 0 Å². The summed E-state index contributed by atoms with van der Waals surface area (Å²) in [6.45, 7) is 3.55. The number of rotatable bonds is 1. The van der Waals surface area contributed by atoms with Gasteiger partial charge in [0.1, 0.15) is 0 Å². The van der Waals surface area contributed by atoms with Gasteiger partial charge in [-0.2, -0.15) is 0 Å². The first-order valence-corrected chi connectivity index (χ1v) is 3.15. The van der Waals surface area contributed by atoms with E-state index < -0.39 is 4.92 Å². The first-order chi connectivity index (χ1) is 5.65. The van der Waals surface area contributed by atoms with E-state index in [1.165, 1.54) is 18.2 Å². The fraction of sp³-hybridized carbons (Fsp3) is 0. The molecule has 0 bridgehead atoms. The van der Waals surface area contributed by atoms with Gasteiger partial charge in [-0.3, -0.25) is 16.0 Å². The second-order valence-electron chi connectivity index (χ2n) is 2.21. The molecule has 0 fully saturated rings. The maximum absolute atomic E-state index is 10.3. The number of benzene rings is 1. The summed E-state index contributed by atoms with van der Waals surface area (Å²) in [6.07, 6.45) is 0. The molecule has 12 heavy (non-hydrogen) atoms. The van der Waals surface area contributed by atoms with Gasteiger partial charge in [0.15, 0.2) is 0 Å². The number of nitrogens with zero attached hydrogens (tertiary/aromatic N) is 2. The summed E-state index contributed by atoms with van der Waals surface area (Å²) in [5.74, 6) is 1.82. The summed E-state index contributed by atoms with van der Waals surface area (Å²) in [6, 6.07) is 3.99. The monoisotopic (exact) mass is 161 g/mol. The Kier molecular flexibility index (Phi) is 2.03. The van der Waals surface area contributed by atoms with Gasteiger partial charge in [-0.1, -0.05) is 6.58 Å². The smallest absolute Gasteiger partial charge is 0.270 e. The van der Waals surface area contributed by atoms with Gasteiger partial charge in [-0.15, -0.1) is 0 Å². The Bertz CT molecular complexity index is 447. The van der Waals surface area contributed by atoms with Crippen molar-refractivity contribution >= 4 is 18.1 Å². The molecular formula is C8H5N2O2-. The fourth-order valence-electron chi connectivity index (χ4n) is 0.782. The Hall–Kier alpha value is -1.93. The largest absolute Gasteiger partial charge is 0.763 e. The molecule has 1 aromatic rings. The highest BCUT2D eigenvalue weighted by Crippen LogP contribution is 2.02. The average molecular weight is 161 g/mol. The lowest BCUT2D eigenvalue weighted by Gasteiger charge is -1.90. The summed E-state index contributed by atoms with van der Waals surface area (Å²) < 4.78 is 0. The van der Waals surface area contributed by atoms with Crippen LogP contribution in [0.2, 0.25) is 0 Å². The van der Waals surface area contributed by atoms with Crippen LogP contribution < -0.4 is 10.4 Å². The number of non-ortho nitro benzene ring substituents is 1. The minimum absolute atomic E-state index is 0.0843. The highest BCUT2D eigenvalue weighted by atomic mass is 16.6. The summed E-state index contributed by atoms with van der Waals surface area (Å²) in [5, 5.41) is 19.5. The zero-order valence-corrected chi connectivity index (χ0v) is 6.15. The van der Waals surface area contributed by atoms with E-state index in [9.17, 15) is 10.1 Å². The molecule has 4 heteroatoms. The second kappa shape index (κ2) is 2.98. The van der Waals surface area contributed by atoms with Gasteiger partial charge in [0.25, 0.3) is 5.69 Å². The van der Waals surface area contributed by atoms with Crippen LogP contribution in [0.1, 0.15) is 0 Å². The Morgan fingerprint density at radius 2 is 2.25 bits per heavy atom. The van der Waals surface area contributed by atoms with Crippen LogP contribution in [0.25, 0.3) is 12.0 Å². The number of hydrogen-bond donors (Lipinski definition) is 0. The molecule has 0 saturated heterocycles. The average Bonchev–Trinajstić information content (AvgIpc) is 2.05. The van der Waals surface area contributed by atoms with Gasteiger partial charge in [0, 0.05) is 17.4 Å². The molecule has 0 heterocycles. The minimum Gasteiger partial charge on any atom is -0.763 e. The minimum atomic E-state index is -0.541. The summed E-state index contributed by atoms with van der Waals surface area (Å²) >= 11 is 0.